The minimum atomic E-state index is -1.44. The van der Waals surface area contributed by atoms with Gasteiger partial charge < -0.3 is 9.13 Å². The lowest BCUT2D eigenvalue weighted by Gasteiger charge is -2.13. The van der Waals surface area contributed by atoms with E-state index < -0.39 is 34.6 Å². The Morgan fingerprint density at radius 3 is 1.00 bits per heavy atom. The van der Waals surface area contributed by atoms with Crippen LogP contribution < -0.4 is 0 Å². The molecule has 20 heavy (non-hydrogen) atoms. The lowest BCUT2D eigenvalue weighted by Crippen LogP contribution is -2.10. The standard InChI is InChI=1S/C14H8F4N2/c15-9-11(17)14(20-7-3-4-8-20)12(18)10(16)13(9)19-5-1-2-6-19/h1-8H. The molecule has 0 unspecified atom stereocenters. The number of halogens is 4. The number of rotatable bonds is 2. The van der Waals surface area contributed by atoms with Crippen molar-refractivity contribution in [2.75, 3.05) is 0 Å². The van der Waals surface area contributed by atoms with Crippen molar-refractivity contribution in [3.05, 3.63) is 72.3 Å². The molecule has 0 bridgehead atoms. The highest BCUT2D eigenvalue weighted by atomic mass is 19.2. The van der Waals surface area contributed by atoms with Crippen molar-refractivity contribution in [1.82, 2.24) is 9.13 Å². The largest absolute Gasteiger partial charge is 0.319 e. The average molecular weight is 280 g/mol. The molecule has 0 aliphatic carbocycles. The molecular formula is C14H8F4N2. The van der Waals surface area contributed by atoms with Gasteiger partial charge in [0.15, 0.2) is 23.3 Å². The van der Waals surface area contributed by atoms with Crippen LogP contribution in [0.25, 0.3) is 11.4 Å². The molecule has 0 atom stereocenters. The number of aromatic nitrogens is 2. The molecule has 0 amide bonds. The zero-order chi connectivity index (χ0) is 14.3. The van der Waals surface area contributed by atoms with Crippen LogP contribution >= 0.6 is 0 Å². The summed E-state index contributed by atoms with van der Waals surface area (Å²) in [7, 11) is 0. The number of benzene rings is 1. The highest BCUT2D eigenvalue weighted by molar-refractivity contribution is 5.47. The Morgan fingerprint density at radius 2 is 0.750 bits per heavy atom. The predicted molar refractivity (Wildman–Crippen MR) is 64.9 cm³/mol. The van der Waals surface area contributed by atoms with Gasteiger partial charge in [0.2, 0.25) is 0 Å². The fourth-order valence-corrected chi connectivity index (χ4v) is 2.03. The molecule has 0 fully saturated rings. The van der Waals surface area contributed by atoms with Crippen LogP contribution in [0.2, 0.25) is 0 Å². The van der Waals surface area contributed by atoms with Gasteiger partial charge in [-0.3, -0.25) is 0 Å². The topological polar surface area (TPSA) is 9.86 Å². The minimum absolute atomic E-state index is 0.777. The maximum atomic E-state index is 14.0. The normalized spacial score (nSPS) is 11.0. The Hall–Kier alpha value is -2.50. The van der Waals surface area contributed by atoms with Crippen LogP contribution in [0.3, 0.4) is 0 Å². The summed E-state index contributed by atoms with van der Waals surface area (Å²) in [5, 5.41) is 0. The summed E-state index contributed by atoms with van der Waals surface area (Å²) in [6, 6.07) is 5.98. The Balaban J connectivity index is 2.33. The summed E-state index contributed by atoms with van der Waals surface area (Å²) in [5.41, 5.74) is -1.55. The van der Waals surface area contributed by atoms with Gasteiger partial charge in [-0.15, -0.1) is 0 Å². The van der Waals surface area contributed by atoms with Crippen molar-refractivity contribution in [1.29, 1.82) is 0 Å². The summed E-state index contributed by atoms with van der Waals surface area (Å²) in [5.74, 6) is -5.76. The van der Waals surface area contributed by atoms with E-state index in [-0.39, 0.29) is 0 Å². The smallest absolute Gasteiger partial charge is 0.188 e. The Morgan fingerprint density at radius 1 is 0.500 bits per heavy atom. The molecule has 3 aromatic rings. The maximum Gasteiger partial charge on any atom is 0.188 e. The Kier molecular flexibility index (Phi) is 2.85. The number of hydrogen-bond donors (Lipinski definition) is 0. The second kappa shape index (κ2) is 4.56. The first-order valence-corrected chi connectivity index (χ1v) is 5.74. The second-order valence-electron chi connectivity index (χ2n) is 4.13. The summed E-state index contributed by atoms with van der Waals surface area (Å²) in [6.45, 7) is 0. The van der Waals surface area contributed by atoms with E-state index in [0.717, 1.165) is 9.13 Å². The summed E-state index contributed by atoms with van der Waals surface area (Å²) in [4.78, 5) is 0. The summed E-state index contributed by atoms with van der Waals surface area (Å²) in [6.07, 6.45) is 5.21. The molecule has 0 aliphatic rings. The number of nitrogens with zero attached hydrogens (tertiary/aromatic N) is 2. The average Bonchev–Trinajstić information content (AvgIpc) is 3.10. The van der Waals surface area contributed by atoms with E-state index in [0.29, 0.717) is 0 Å². The SMILES string of the molecule is Fc1c(F)c(-n2cccc2)c(F)c(F)c1-n1cccc1. The fourth-order valence-electron chi connectivity index (χ4n) is 2.03. The van der Waals surface area contributed by atoms with E-state index in [1.54, 1.807) is 0 Å². The molecule has 0 saturated carbocycles. The molecule has 0 aliphatic heterocycles. The third kappa shape index (κ3) is 1.72. The molecule has 1 aromatic carbocycles. The van der Waals surface area contributed by atoms with Crippen LogP contribution in [0, 0.1) is 23.3 Å². The molecular weight excluding hydrogens is 272 g/mol. The zero-order valence-corrected chi connectivity index (χ0v) is 10.0. The lowest BCUT2D eigenvalue weighted by molar-refractivity contribution is 0.442. The van der Waals surface area contributed by atoms with Crippen molar-refractivity contribution in [2.24, 2.45) is 0 Å². The quantitative estimate of drug-likeness (QED) is 0.499. The molecule has 0 N–H and O–H groups in total. The molecule has 2 heterocycles. The van der Waals surface area contributed by atoms with Crippen molar-refractivity contribution < 1.29 is 17.6 Å². The van der Waals surface area contributed by atoms with Gasteiger partial charge in [-0.1, -0.05) is 0 Å². The van der Waals surface area contributed by atoms with E-state index in [1.165, 1.54) is 49.1 Å². The van der Waals surface area contributed by atoms with Crippen molar-refractivity contribution in [2.45, 2.75) is 0 Å². The van der Waals surface area contributed by atoms with Crippen LogP contribution in [-0.4, -0.2) is 9.13 Å². The summed E-state index contributed by atoms with van der Waals surface area (Å²) >= 11 is 0. The first-order chi connectivity index (χ1) is 9.61. The lowest BCUT2D eigenvalue weighted by atomic mass is 10.2. The van der Waals surface area contributed by atoms with Crippen LogP contribution in [0.4, 0.5) is 17.6 Å². The molecule has 2 nitrogen and oxygen atoms in total. The van der Waals surface area contributed by atoms with Gasteiger partial charge >= 0.3 is 0 Å². The van der Waals surface area contributed by atoms with E-state index in [2.05, 4.69) is 0 Å². The fraction of sp³-hybridized carbons (Fsp3) is 0. The van der Waals surface area contributed by atoms with E-state index in [4.69, 9.17) is 0 Å². The van der Waals surface area contributed by atoms with Gasteiger partial charge in [-0.2, -0.15) is 0 Å². The van der Waals surface area contributed by atoms with Crippen molar-refractivity contribution >= 4 is 0 Å². The minimum Gasteiger partial charge on any atom is -0.319 e. The molecule has 0 spiro atoms. The molecule has 0 radical (unpaired) electrons. The zero-order valence-electron chi connectivity index (χ0n) is 10.0. The van der Waals surface area contributed by atoms with Crippen LogP contribution in [0.15, 0.2) is 49.1 Å². The van der Waals surface area contributed by atoms with E-state index >= 15 is 0 Å². The first-order valence-electron chi connectivity index (χ1n) is 5.74. The monoisotopic (exact) mass is 280 g/mol. The third-order valence-electron chi connectivity index (χ3n) is 2.94. The predicted octanol–water partition coefficient (Wildman–Crippen LogP) is 3.82. The van der Waals surface area contributed by atoms with Crippen LogP contribution in [0.1, 0.15) is 0 Å². The van der Waals surface area contributed by atoms with E-state index in [9.17, 15) is 17.6 Å². The highest BCUT2D eigenvalue weighted by Gasteiger charge is 2.26. The van der Waals surface area contributed by atoms with Crippen molar-refractivity contribution in [3.63, 3.8) is 0 Å². The van der Waals surface area contributed by atoms with Crippen LogP contribution in [0.5, 0.6) is 0 Å². The second-order valence-corrected chi connectivity index (χ2v) is 4.13. The van der Waals surface area contributed by atoms with Gasteiger partial charge in [0.25, 0.3) is 0 Å². The van der Waals surface area contributed by atoms with Gasteiger partial charge in [0.05, 0.1) is 0 Å². The van der Waals surface area contributed by atoms with Gasteiger partial charge in [0.1, 0.15) is 11.4 Å². The summed E-state index contributed by atoms with van der Waals surface area (Å²) < 4.78 is 58.1. The first kappa shape index (κ1) is 12.5. The molecule has 3 rings (SSSR count). The van der Waals surface area contributed by atoms with Gasteiger partial charge in [-0.25, -0.2) is 17.6 Å². The number of hydrogen-bond acceptors (Lipinski definition) is 0. The van der Waals surface area contributed by atoms with E-state index in [1.807, 2.05) is 0 Å². The highest BCUT2D eigenvalue weighted by Crippen LogP contribution is 2.29. The molecule has 0 saturated heterocycles. The van der Waals surface area contributed by atoms with Gasteiger partial charge in [-0.05, 0) is 24.3 Å². The van der Waals surface area contributed by atoms with Crippen molar-refractivity contribution in [3.8, 4) is 11.4 Å². The third-order valence-corrected chi connectivity index (χ3v) is 2.94. The Labute approximate surface area is 111 Å². The molecule has 102 valence electrons. The molecule has 2 aromatic heterocycles. The van der Waals surface area contributed by atoms with Gasteiger partial charge in [0, 0.05) is 24.8 Å². The molecule has 6 heteroatoms. The maximum absolute atomic E-state index is 14.0. The van der Waals surface area contributed by atoms with Crippen LogP contribution in [-0.2, 0) is 0 Å². The Bertz CT molecular complexity index is 652.